The van der Waals surface area contributed by atoms with E-state index in [1.165, 1.54) is 18.2 Å². The number of ether oxygens (including phenoxy) is 1. The molecule has 0 aliphatic carbocycles. The van der Waals surface area contributed by atoms with Crippen molar-refractivity contribution in [3.05, 3.63) is 75.5 Å². The second-order valence-corrected chi connectivity index (χ2v) is 8.42. The van der Waals surface area contributed by atoms with Crippen LogP contribution in [0.15, 0.2) is 53.6 Å². The highest BCUT2D eigenvalue weighted by Crippen LogP contribution is 2.27. The summed E-state index contributed by atoms with van der Waals surface area (Å²) < 4.78 is 21.0. The van der Waals surface area contributed by atoms with E-state index in [1.807, 2.05) is 0 Å². The lowest BCUT2D eigenvalue weighted by molar-refractivity contribution is 0.0903. The average Bonchev–Trinajstić information content (AvgIpc) is 2.83. The van der Waals surface area contributed by atoms with E-state index in [4.69, 9.17) is 16.3 Å². The molecule has 3 heterocycles. The number of aliphatic hydroxyl groups excluding tert-OH is 1. The van der Waals surface area contributed by atoms with Crippen molar-refractivity contribution in [1.29, 1.82) is 0 Å². The minimum atomic E-state index is -0.543. The van der Waals surface area contributed by atoms with Crippen LogP contribution >= 0.6 is 11.6 Å². The van der Waals surface area contributed by atoms with Gasteiger partial charge in [-0.1, -0.05) is 17.7 Å². The first-order valence-corrected chi connectivity index (χ1v) is 11.4. The Hall–Kier alpha value is -2.81. The molecule has 174 valence electrons. The lowest BCUT2D eigenvalue weighted by Crippen LogP contribution is -2.28. The van der Waals surface area contributed by atoms with Crippen molar-refractivity contribution in [2.24, 2.45) is 0 Å². The van der Waals surface area contributed by atoms with Gasteiger partial charge in [-0.15, -0.1) is 0 Å². The maximum atomic E-state index is 14.1. The molecular formula is C24H26ClFN4O3. The van der Waals surface area contributed by atoms with E-state index in [9.17, 15) is 14.3 Å². The number of aromatic nitrogens is 3. The van der Waals surface area contributed by atoms with Gasteiger partial charge in [0.1, 0.15) is 5.82 Å². The predicted molar refractivity (Wildman–Crippen MR) is 125 cm³/mol. The Bertz CT molecular complexity index is 1150. The first-order valence-electron chi connectivity index (χ1n) is 11.0. The Morgan fingerprint density at radius 3 is 2.79 bits per heavy atom. The number of rotatable bonds is 8. The zero-order valence-corrected chi connectivity index (χ0v) is 18.8. The number of anilines is 1. The zero-order chi connectivity index (χ0) is 23.2. The van der Waals surface area contributed by atoms with E-state index in [2.05, 4.69) is 15.3 Å². The number of pyridine rings is 1. The predicted octanol–water partition coefficient (Wildman–Crippen LogP) is 4.05. The van der Waals surface area contributed by atoms with Gasteiger partial charge in [0, 0.05) is 49.9 Å². The van der Waals surface area contributed by atoms with Crippen LogP contribution in [0.3, 0.4) is 0 Å². The molecule has 9 heteroatoms. The third kappa shape index (κ3) is 5.76. The highest BCUT2D eigenvalue weighted by atomic mass is 35.5. The second kappa shape index (κ2) is 10.9. The maximum absolute atomic E-state index is 14.1. The van der Waals surface area contributed by atoms with Crippen molar-refractivity contribution in [2.75, 3.05) is 25.1 Å². The number of halogens is 2. The highest BCUT2D eigenvalue weighted by molar-refractivity contribution is 6.30. The summed E-state index contributed by atoms with van der Waals surface area (Å²) in [5.41, 5.74) is 1.67. The Labute approximate surface area is 196 Å². The fraction of sp³-hybridized carbons (Fsp3) is 0.375. The molecule has 2 N–H and O–H groups in total. The molecule has 33 heavy (non-hydrogen) atoms. The molecule has 4 rings (SSSR count). The summed E-state index contributed by atoms with van der Waals surface area (Å²) in [5.74, 6) is -0.0283. The van der Waals surface area contributed by atoms with E-state index < -0.39 is 11.9 Å². The third-order valence-corrected chi connectivity index (χ3v) is 6.06. The molecule has 0 amide bonds. The van der Waals surface area contributed by atoms with Crippen LogP contribution in [0.25, 0.3) is 11.3 Å². The molecule has 7 nitrogen and oxygen atoms in total. The lowest BCUT2D eigenvalue weighted by Gasteiger charge is -2.23. The highest BCUT2D eigenvalue weighted by Gasteiger charge is 2.18. The quantitative estimate of drug-likeness (QED) is 0.514. The number of hydrogen-bond donors (Lipinski definition) is 2. The minimum absolute atomic E-state index is 0.0243. The Kier molecular flexibility index (Phi) is 7.69. The van der Waals surface area contributed by atoms with Gasteiger partial charge in [0.15, 0.2) is 0 Å². The van der Waals surface area contributed by atoms with Gasteiger partial charge in [0.05, 0.1) is 16.8 Å². The van der Waals surface area contributed by atoms with Crippen LogP contribution in [-0.2, 0) is 4.74 Å². The number of aliphatic hydroxyl groups is 1. The van der Waals surface area contributed by atoms with E-state index >= 15 is 0 Å². The van der Waals surface area contributed by atoms with Crippen LogP contribution in [0.5, 0.6) is 0 Å². The van der Waals surface area contributed by atoms with Gasteiger partial charge in [0.25, 0.3) is 5.56 Å². The maximum Gasteiger partial charge on any atom is 0.251 e. The van der Waals surface area contributed by atoms with Crippen molar-refractivity contribution < 1.29 is 14.2 Å². The lowest BCUT2D eigenvalue weighted by atomic mass is 10.0. The van der Waals surface area contributed by atoms with Crippen molar-refractivity contribution in [1.82, 2.24) is 14.5 Å². The molecule has 0 spiro atoms. The fourth-order valence-corrected chi connectivity index (χ4v) is 4.11. The second-order valence-electron chi connectivity index (χ2n) is 8.01. The summed E-state index contributed by atoms with van der Waals surface area (Å²) in [7, 11) is 0. The van der Waals surface area contributed by atoms with Gasteiger partial charge in [-0.05, 0) is 55.5 Å². The third-order valence-electron chi connectivity index (χ3n) is 5.75. The van der Waals surface area contributed by atoms with Gasteiger partial charge < -0.3 is 19.7 Å². The van der Waals surface area contributed by atoms with E-state index in [1.54, 1.807) is 35.2 Å². The summed E-state index contributed by atoms with van der Waals surface area (Å²) in [4.78, 5) is 21.9. The largest absolute Gasteiger partial charge is 0.396 e. The van der Waals surface area contributed by atoms with Gasteiger partial charge in [-0.25, -0.2) is 14.4 Å². The van der Waals surface area contributed by atoms with Crippen LogP contribution in [0.2, 0.25) is 5.02 Å². The van der Waals surface area contributed by atoms with Crippen LogP contribution in [0.4, 0.5) is 10.3 Å². The van der Waals surface area contributed by atoms with Crippen molar-refractivity contribution in [3.8, 4) is 11.3 Å². The molecular weight excluding hydrogens is 447 g/mol. The standard InChI is InChI=1S/C24H26ClFN4O3/c25-19-4-3-17(14-20(19)26)22(2-1-11-31)30-10-6-16(15-23(30)32)21-5-9-27-24(29-21)28-18-7-12-33-13-8-18/h3-6,9-10,14-15,18,22,31H,1-2,7-8,11-13H2,(H,27,28,29)/t22-/m1/s1. The van der Waals surface area contributed by atoms with Crippen LogP contribution in [0.1, 0.15) is 37.3 Å². The summed E-state index contributed by atoms with van der Waals surface area (Å²) in [5, 5.41) is 12.7. The molecule has 0 radical (unpaired) electrons. The number of hydrogen-bond acceptors (Lipinski definition) is 6. The van der Waals surface area contributed by atoms with E-state index in [-0.39, 0.29) is 23.2 Å². The Morgan fingerprint density at radius 1 is 1.24 bits per heavy atom. The van der Waals surface area contributed by atoms with Gasteiger partial charge >= 0.3 is 0 Å². The molecule has 1 aromatic carbocycles. The normalized spacial score (nSPS) is 15.4. The molecule has 1 saturated heterocycles. The monoisotopic (exact) mass is 472 g/mol. The van der Waals surface area contributed by atoms with Crippen LogP contribution in [0, 0.1) is 5.82 Å². The first-order chi connectivity index (χ1) is 16.0. The molecule has 1 aliphatic rings. The van der Waals surface area contributed by atoms with Crippen LogP contribution in [-0.4, -0.2) is 45.5 Å². The Balaban J connectivity index is 1.60. The first kappa shape index (κ1) is 23.4. The van der Waals surface area contributed by atoms with Crippen molar-refractivity contribution >= 4 is 17.5 Å². The summed E-state index contributed by atoms with van der Waals surface area (Å²) >= 11 is 5.82. The zero-order valence-electron chi connectivity index (χ0n) is 18.1. The van der Waals surface area contributed by atoms with E-state index in [0.717, 1.165) is 12.8 Å². The van der Waals surface area contributed by atoms with Crippen molar-refractivity contribution in [3.63, 3.8) is 0 Å². The molecule has 3 aromatic rings. The molecule has 0 saturated carbocycles. The topological polar surface area (TPSA) is 89.3 Å². The fourth-order valence-electron chi connectivity index (χ4n) is 3.99. The smallest absolute Gasteiger partial charge is 0.251 e. The molecule has 0 unspecified atom stereocenters. The van der Waals surface area contributed by atoms with Gasteiger partial charge in [-0.3, -0.25) is 4.79 Å². The molecule has 0 bridgehead atoms. The number of benzene rings is 1. The number of nitrogens with zero attached hydrogens (tertiary/aromatic N) is 3. The minimum Gasteiger partial charge on any atom is -0.396 e. The number of nitrogens with one attached hydrogen (secondary N) is 1. The van der Waals surface area contributed by atoms with Crippen molar-refractivity contribution in [2.45, 2.75) is 37.8 Å². The summed E-state index contributed by atoms with van der Waals surface area (Å²) in [6.07, 6.45) is 6.07. The molecule has 1 fully saturated rings. The van der Waals surface area contributed by atoms with Gasteiger partial charge in [0.2, 0.25) is 5.95 Å². The SMILES string of the molecule is O=c1cc(-c2ccnc(NC3CCOCC3)n2)ccn1[C@H](CCCO)c1ccc(Cl)c(F)c1. The molecule has 2 aromatic heterocycles. The van der Waals surface area contributed by atoms with Crippen LogP contribution < -0.4 is 10.9 Å². The van der Waals surface area contributed by atoms with E-state index in [0.29, 0.717) is 48.8 Å². The summed E-state index contributed by atoms with van der Waals surface area (Å²) in [6.45, 7) is 1.40. The van der Waals surface area contributed by atoms with Gasteiger partial charge in [-0.2, -0.15) is 0 Å². The summed E-state index contributed by atoms with van der Waals surface area (Å²) in [6, 6.07) is 9.42. The molecule has 1 atom stereocenters. The molecule has 1 aliphatic heterocycles. The average molecular weight is 473 g/mol. The Morgan fingerprint density at radius 2 is 2.06 bits per heavy atom.